The fraction of sp³-hybridized carbons (Fsp3) is 0.250. The molecule has 10 heteroatoms. The zero-order chi connectivity index (χ0) is 21.8. The normalized spacial score (nSPS) is 27.9. The molecule has 0 aromatic heterocycles. The molecule has 154 valence electrons. The van der Waals surface area contributed by atoms with Gasteiger partial charge in [-0.3, -0.25) is 29.8 Å². The number of carbonyl (C=O) groups is 3. The molecule has 4 rings (SSSR count). The number of para-hydroxylation sites is 3. The third-order valence-corrected chi connectivity index (χ3v) is 5.82. The van der Waals surface area contributed by atoms with Crippen molar-refractivity contribution in [1.29, 1.82) is 0 Å². The van der Waals surface area contributed by atoms with Crippen molar-refractivity contribution >= 4 is 29.2 Å². The summed E-state index contributed by atoms with van der Waals surface area (Å²) < 4.78 is 0. The number of rotatable bonds is 4. The number of hydrogen-bond donors (Lipinski definition) is 3. The van der Waals surface area contributed by atoms with Crippen LogP contribution in [0.4, 0.5) is 11.4 Å². The Morgan fingerprint density at radius 1 is 1.13 bits per heavy atom. The number of imide groups is 1. The first-order valence-corrected chi connectivity index (χ1v) is 9.08. The summed E-state index contributed by atoms with van der Waals surface area (Å²) in [4.78, 5) is 50.1. The van der Waals surface area contributed by atoms with Gasteiger partial charge in [-0.1, -0.05) is 30.3 Å². The summed E-state index contributed by atoms with van der Waals surface area (Å²) in [6, 6.07) is 10.4. The van der Waals surface area contributed by atoms with Crippen molar-refractivity contribution in [2.45, 2.75) is 18.5 Å². The zero-order valence-electron chi connectivity index (χ0n) is 15.7. The molecule has 0 bridgehead atoms. The van der Waals surface area contributed by atoms with Gasteiger partial charge in [0.05, 0.1) is 16.8 Å². The Hall–Kier alpha value is -3.79. The van der Waals surface area contributed by atoms with Crippen molar-refractivity contribution in [3.63, 3.8) is 0 Å². The molecule has 2 aromatic rings. The van der Waals surface area contributed by atoms with E-state index in [4.69, 9.17) is 0 Å². The Labute approximate surface area is 169 Å². The Morgan fingerprint density at radius 3 is 2.40 bits per heavy atom. The van der Waals surface area contributed by atoms with Crippen LogP contribution < -0.4 is 10.2 Å². The molecule has 4 atom stereocenters. The van der Waals surface area contributed by atoms with Crippen LogP contribution in [-0.2, 0) is 14.4 Å². The van der Waals surface area contributed by atoms with Crippen LogP contribution in [0.5, 0.6) is 5.75 Å². The van der Waals surface area contributed by atoms with Crippen LogP contribution in [0.3, 0.4) is 0 Å². The second-order valence-corrected chi connectivity index (χ2v) is 7.45. The molecule has 2 aliphatic rings. The van der Waals surface area contributed by atoms with Crippen LogP contribution in [-0.4, -0.2) is 38.5 Å². The van der Waals surface area contributed by atoms with Gasteiger partial charge in [-0.2, -0.15) is 0 Å². The quantitative estimate of drug-likeness (QED) is 0.390. The Kier molecular flexibility index (Phi) is 4.31. The van der Waals surface area contributed by atoms with Gasteiger partial charge in [-0.05, 0) is 19.1 Å². The molecule has 0 spiro atoms. The summed E-state index contributed by atoms with van der Waals surface area (Å²) in [7, 11) is 0. The second-order valence-electron chi connectivity index (χ2n) is 7.45. The fourth-order valence-electron chi connectivity index (χ4n) is 4.40. The van der Waals surface area contributed by atoms with Crippen molar-refractivity contribution < 1.29 is 29.5 Å². The predicted molar refractivity (Wildman–Crippen MR) is 103 cm³/mol. The number of carboxylic acid groups (broad SMARTS) is 1. The molecule has 10 nitrogen and oxygen atoms in total. The number of nitro benzene ring substituents is 1. The maximum atomic E-state index is 13.3. The Morgan fingerprint density at radius 2 is 1.77 bits per heavy atom. The number of nitrogens with zero attached hydrogens (tertiary/aromatic N) is 2. The number of nitrogens with one attached hydrogen (secondary N) is 1. The van der Waals surface area contributed by atoms with E-state index in [9.17, 15) is 34.7 Å². The topological polar surface area (TPSA) is 150 Å². The number of anilines is 1. The second kappa shape index (κ2) is 6.63. The molecular weight excluding hydrogens is 394 g/mol. The van der Waals surface area contributed by atoms with E-state index >= 15 is 0 Å². The minimum Gasteiger partial charge on any atom is -0.508 e. The molecule has 30 heavy (non-hydrogen) atoms. The smallest absolute Gasteiger partial charge is 0.324 e. The van der Waals surface area contributed by atoms with Crippen LogP contribution in [0, 0.1) is 22.0 Å². The lowest BCUT2D eigenvalue weighted by molar-refractivity contribution is -0.384. The lowest BCUT2D eigenvalue weighted by Gasteiger charge is -2.27. The van der Waals surface area contributed by atoms with E-state index in [0.717, 1.165) is 0 Å². The van der Waals surface area contributed by atoms with E-state index in [1.54, 1.807) is 12.1 Å². The van der Waals surface area contributed by atoms with Gasteiger partial charge in [0.15, 0.2) is 0 Å². The zero-order valence-corrected chi connectivity index (χ0v) is 15.7. The summed E-state index contributed by atoms with van der Waals surface area (Å²) in [6.07, 6.45) is 0. The number of phenols is 1. The van der Waals surface area contributed by atoms with Crippen LogP contribution in [0.25, 0.3) is 0 Å². The van der Waals surface area contributed by atoms with E-state index in [-0.39, 0.29) is 17.0 Å². The Balaban J connectivity index is 1.88. The fourth-order valence-corrected chi connectivity index (χ4v) is 4.40. The van der Waals surface area contributed by atoms with Gasteiger partial charge in [0.2, 0.25) is 11.8 Å². The number of carbonyl (C=O) groups excluding carboxylic acids is 2. The largest absolute Gasteiger partial charge is 0.508 e. The third-order valence-electron chi connectivity index (χ3n) is 5.82. The van der Waals surface area contributed by atoms with Crippen molar-refractivity contribution in [3.05, 3.63) is 64.2 Å². The van der Waals surface area contributed by atoms with Gasteiger partial charge in [-0.25, -0.2) is 4.90 Å². The highest BCUT2D eigenvalue weighted by molar-refractivity contribution is 6.25. The molecule has 2 heterocycles. The molecular formula is C20H17N3O7. The predicted octanol–water partition coefficient (Wildman–Crippen LogP) is 1.59. The molecule has 0 aliphatic carbocycles. The highest BCUT2D eigenvalue weighted by Crippen LogP contribution is 2.51. The number of benzene rings is 2. The standard InChI is InChI=1S/C20H17N3O7/c1-20(19(27)28)15-14(16(21-20)10-6-2-5-9-13(10)24)17(25)22(18(15)26)11-7-3-4-8-12(11)23(29)30/h2-9,14-16,21,24H,1H3,(H,27,28)/t14-,15+,16-,20+/m1/s1. The number of nitro groups is 1. The molecule has 0 radical (unpaired) electrons. The van der Waals surface area contributed by atoms with E-state index < -0.39 is 51.8 Å². The van der Waals surface area contributed by atoms with E-state index in [0.29, 0.717) is 4.90 Å². The highest BCUT2D eigenvalue weighted by atomic mass is 16.6. The van der Waals surface area contributed by atoms with Crippen LogP contribution in [0.15, 0.2) is 48.5 Å². The first-order valence-electron chi connectivity index (χ1n) is 9.08. The van der Waals surface area contributed by atoms with Gasteiger partial charge < -0.3 is 10.2 Å². The summed E-state index contributed by atoms with van der Waals surface area (Å²) in [6.45, 7) is 1.29. The number of fused-ring (bicyclic) bond motifs is 1. The number of aromatic hydroxyl groups is 1. The van der Waals surface area contributed by atoms with Crippen molar-refractivity contribution in [3.8, 4) is 5.75 Å². The van der Waals surface area contributed by atoms with Crippen molar-refractivity contribution in [2.75, 3.05) is 4.90 Å². The lowest BCUT2D eigenvalue weighted by Crippen LogP contribution is -2.53. The molecule has 2 aromatic carbocycles. The van der Waals surface area contributed by atoms with Crippen molar-refractivity contribution in [1.82, 2.24) is 5.32 Å². The van der Waals surface area contributed by atoms with E-state index in [2.05, 4.69) is 5.32 Å². The first-order chi connectivity index (χ1) is 14.2. The molecule has 0 saturated carbocycles. The summed E-state index contributed by atoms with van der Waals surface area (Å²) in [5.74, 6) is -5.58. The first kappa shape index (κ1) is 19.5. The molecule has 0 unspecified atom stereocenters. The average Bonchev–Trinajstić information content (AvgIpc) is 3.16. The third kappa shape index (κ3) is 2.57. The number of amides is 2. The number of aliphatic carboxylic acids is 1. The molecule has 2 saturated heterocycles. The summed E-state index contributed by atoms with van der Waals surface area (Å²) in [5.41, 5.74) is -2.20. The van der Waals surface area contributed by atoms with Crippen LogP contribution in [0.1, 0.15) is 18.5 Å². The van der Waals surface area contributed by atoms with Gasteiger partial charge in [0.1, 0.15) is 17.0 Å². The monoisotopic (exact) mass is 411 g/mol. The maximum Gasteiger partial charge on any atom is 0.324 e. The Bertz CT molecular complexity index is 1100. The maximum absolute atomic E-state index is 13.3. The summed E-state index contributed by atoms with van der Waals surface area (Å²) in [5, 5.41) is 34.4. The highest BCUT2D eigenvalue weighted by Gasteiger charge is 2.67. The van der Waals surface area contributed by atoms with Gasteiger partial charge in [-0.15, -0.1) is 0 Å². The minimum atomic E-state index is -1.82. The lowest BCUT2D eigenvalue weighted by atomic mass is 9.80. The molecule has 3 N–H and O–H groups in total. The summed E-state index contributed by atoms with van der Waals surface area (Å²) >= 11 is 0. The molecule has 2 aliphatic heterocycles. The van der Waals surface area contributed by atoms with Crippen LogP contribution in [0.2, 0.25) is 0 Å². The molecule has 2 fully saturated rings. The number of carboxylic acids is 1. The van der Waals surface area contributed by atoms with E-state index in [1.165, 1.54) is 43.3 Å². The van der Waals surface area contributed by atoms with Gasteiger partial charge in [0, 0.05) is 17.7 Å². The SMILES string of the molecule is C[C@]1(C(=O)O)N[C@H](c2ccccc2O)[C@@H]2C(=O)N(c3ccccc3[N+](=O)[O-])C(=O)[C@H]21. The van der Waals surface area contributed by atoms with Crippen molar-refractivity contribution in [2.24, 2.45) is 11.8 Å². The molecule has 2 amide bonds. The minimum absolute atomic E-state index is 0.159. The van der Waals surface area contributed by atoms with E-state index in [1.807, 2.05) is 0 Å². The van der Waals surface area contributed by atoms with Gasteiger partial charge >= 0.3 is 5.97 Å². The number of hydrogen-bond acceptors (Lipinski definition) is 7. The average molecular weight is 411 g/mol. The number of phenolic OH excluding ortho intramolecular Hbond substituents is 1. The van der Waals surface area contributed by atoms with Crippen LogP contribution >= 0.6 is 0 Å². The van der Waals surface area contributed by atoms with Gasteiger partial charge in [0.25, 0.3) is 5.69 Å².